The number of thiol groups is 1. The van der Waals surface area contributed by atoms with Gasteiger partial charge < -0.3 is 19.5 Å². The van der Waals surface area contributed by atoms with Gasteiger partial charge in [0.15, 0.2) is 5.82 Å². The summed E-state index contributed by atoms with van der Waals surface area (Å²) in [5, 5.41) is 19.0. The molecular weight excluding hydrogens is 400 g/mol. The van der Waals surface area contributed by atoms with Crippen molar-refractivity contribution in [3.05, 3.63) is 22.7 Å². The van der Waals surface area contributed by atoms with E-state index in [-0.39, 0.29) is 23.8 Å². The van der Waals surface area contributed by atoms with Gasteiger partial charge in [-0.3, -0.25) is 15.3 Å². The van der Waals surface area contributed by atoms with Crippen LogP contribution in [-0.4, -0.2) is 73.6 Å². The van der Waals surface area contributed by atoms with Gasteiger partial charge in [-0.2, -0.15) is 4.98 Å². The normalized spacial score (nSPS) is 27.4. The Hall–Kier alpha value is -1.82. The first-order chi connectivity index (χ1) is 13.9. The Bertz CT molecular complexity index is 754. The van der Waals surface area contributed by atoms with Crippen molar-refractivity contribution in [3.8, 4) is 0 Å². The van der Waals surface area contributed by atoms with Gasteiger partial charge in [0.2, 0.25) is 0 Å². The quantitative estimate of drug-likeness (QED) is 0.393. The number of aliphatic hydroxyl groups excluding tert-OH is 1. The molecule has 3 unspecified atom stereocenters. The summed E-state index contributed by atoms with van der Waals surface area (Å²) in [7, 11) is -0.824. The standard InChI is InChI=1S/C18H30N4O6S/c1-12(23)29(2)14-10-16(22-9-6-15(20-26)19-17(22)24)28-13(14)11-27-18(25)21-7-4-3-5-8-21/h6,9,12-14,16,23,26,29H,3-5,7-8,10-11H2,1-2H3,(H,19,20,24)/t12?,13-,14?,16-/m1/s1. The summed E-state index contributed by atoms with van der Waals surface area (Å²) in [5.74, 6) is 0.0505. The highest BCUT2D eigenvalue weighted by Crippen LogP contribution is 2.44. The molecular formula is C18H30N4O6S. The van der Waals surface area contributed by atoms with Crippen LogP contribution < -0.4 is 11.2 Å². The highest BCUT2D eigenvalue weighted by atomic mass is 32.2. The Balaban J connectivity index is 1.70. The molecule has 2 saturated heterocycles. The number of rotatable bonds is 6. The largest absolute Gasteiger partial charge is 0.447 e. The van der Waals surface area contributed by atoms with Crippen molar-refractivity contribution < 1.29 is 24.6 Å². The zero-order valence-electron chi connectivity index (χ0n) is 16.7. The van der Waals surface area contributed by atoms with Gasteiger partial charge >= 0.3 is 11.8 Å². The van der Waals surface area contributed by atoms with Crippen molar-refractivity contribution in [2.24, 2.45) is 0 Å². The third kappa shape index (κ3) is 5.21. The third-order valence-corrected chi connectivity index (χ3v) is 8.33. The summed E-state index contributed by atoms with van der Waals surface area (Å²) in [6.07, 6.45) is 5.75. The van der Waals surface area contributed by atoms with Gasteiger partial charge in [-0.15, -0.1) is 0 Å². The lowest BCUT2D eigenvalue weighted by atomic mass is 10.1. The predicted octanol–water partition coefficient (Wildman–Crippen LogP) is 1.29. The molecule has 5 atom stereocenters. The number of anilines is 1. The lowest BCUT2D eigenvalue weighted by Gasteiger charge is -2.31. The summed E-state index contributed by atoms with van der Waals surface area (Å²) in [6.45, 7) is 3.23. The molecule has 2 aliphatic rings. The Morgan fingerprint density at radius 3 is 2.79 bits per heavy atom. The van der Waals surface area contributed by atoms with E-state index < -0.39 is 34.4 Å². The van der Waals surface area contributed by atoms with Crippen molar-refractivity contribution >= 4 is 22.8 Å². The molecule has 10 nitrogen and oxygen atoms in total. The van der Waals surface area contributed by atoms with E-state index in [0.29, 0.717) is 19.5 Å². The minimum atomic E-state index is -0.824. The molecule has 1 aromatic rings. The lowest BCUT2D eigenvalue weighted by molar-refractivity contribution is -0.0323. The van der Waals surface area contributed by atoms with Crippen molar-refractivity contribution in [1.82, 2.24) is 14.5 Å². The molecule has 29 heavy (non-hydrogen) atoms. The molecule has 0 spiro atoms. The maximum absolute atomic E-state index is 12.3. The molecule has 0 aromatic carbocycles. The molecule has 11 heteroatoms. The highest BCUT2D eigenvalue weighted by Gasteiger charge is 2.40. The number of carbonyl (C=O) groups is 1. The lowest BCUT2D eigenvalue weighted by Crippen LogP contribution is -2.38. The average molecular weight is 431 g/mol. The van der Waals surface area contributed by atoms with Gasteiger partial charge in [0.25, 0.3) is 0 Å². The Kier molecular flexibility index (Phi) is 7.38. The number of hydrogen-bond acceptors (Lipinski definition) is 8. The molecule has 0 aliphatic carbocycles. The maximum atomic E-state index is 12.3. The van der Waals surface area contributed by atoms with Crippen LogP contribution in [0.4, 0.5) is 10.6 Å². The number of aliphatic hydroxyl groups is 1. The van der Waals surface area contributed by atoms with Crippen molar-refractivity contribution in [3.63, 3.8) is 0 Å². The van der Waals surface area contributed by atoms with E-state index in [1.807, 2.05) is 11.7 Å². The summed E-state index contributed by atoms with van der Waals surface area (Å²) >= 11 is 0. The fourth-order valence-corrected chi connectivity index (χ4v) is 5.50. The van der Waals surface area contributed by atoms with E-state index >= 15 is 0 Å². The smallest absolute Gasteiger partial charge is 0.409 e. The molecule has 3 rings (SSSR count). The second-order valence-corrected chi connectivity index (χ2v) is 10.2. The first-order valence-electron chi connectivity index (χ1n) is 9.87. The number of aromatic nitrogens is 2. The number of hydrogen-bond donors (Lipinski definition) is 4. The Morgan fingerprint density at radius 2 is 2.17 bits per heavy atom. The summed E-state index contributed by atoms with van der Waals surface area (Å²) in [5.41, 5.74) is 0.778. The fourth-order valence-electron chi connectivity index (χ4n) is 3.76. The molecule has 0 bridgehead atoms. The Labute approximate surface area is 172 Å². The molecule has 1 amide bonds. The van der Waals surface area contributed by atoms with Crippen LogP contribution in [0.1, 0.15) is 38.8 Å². The average Bonchev–Trinajstić information content (AvgIpc) is 3.15. The third-order valence-electron chi connectivity index (χ3n) is 5.56. The number of ether oxygens (including phenoxy) is 2. The summed E-state index contributed by atoms with van der Waals surface area (Å²) < 4.78 is 12.9. The predicted molar refractivity (Wildman–Crippen MR) is 110 cm³/mol. The van der Waals surface area contributed by atoms with E-state index in [2.05, 4.69) is 4.98 Å². The van der Waals surface area contributed by atoms with Crippen molar-refractivity contribution in [2.75, 3.05) is 31.4 Å². The van der Waals surface area contributed by atoms with Crippen LogP contribution >= 0.6 is 10.9 Å². The van der Waals surface area contributed by atoms with E-state index in [4.69, 9.17) is 14.7 Å². The summed E-state index contributed by atoms with van der Waals surface area (Å²) in [4.78, 5) is 30.1. The van der Waals surface area contributed by atoms with E-state index in [9.17, 15) is 14.7 Å². The molecule has 0 saturated carbocycles. The summed E-state index contributed by atoms with van der Waals surface area (Å²) in [6, 6.07) is 1.47. The first kappa shape index (κ1) is 21.9. The van der Waals surface area contributed by atoms with Gasteiger partial charge in [0, 0.05) is 31.0 Å². The number of likely N-dealkylation sites (tertiary alicyclic amines) is 1. The molecule has 164 valence electrons. The molecule has 3 heterocycles. The monoisotopic (exact) mass is 430 g/mol. The van der Waals surface area contributed by atoms with Crippen LogP contribution in [0.25, 0.3) is 0 Å². The zero-order valence-corrected chi connectivity index (χ0v) is 17.6. The second-order valence-electron chi connectivity index (χ2n) is 7.47. The van der Waals surface area contributed by atoms with Gasteiger partial charge in [0.05, 0.1) is 5.44 Å². The number of amides is 1. The number of piperidine rings is 1. The van der Waals surface area contributed by atoms with Crippen LogP contribution in [0.2, 0.25) is 0 Å². The molecule has 0 radical (unpaired) electrons. The van der Waals surface area contributed by atoms with Crippen LogP contribution in [-0.2, 0) is 9.47 Å². The number of nitrogens with zero attached hydrogens (tertiary/aromatic N) is 3. The topological polar surface area (TPSA) is 126 Å². The van der Waals surface area contributed by atoms with Crippen LogP contribution in [0, 0.1) is 0 Å². The van der Waals surface area contributed by atoms with Crippen LogP contribution in [0.5, 0.6) is 0 Å². The van der Waals surface area contributed by atoms with Crippen LogP contribution in [0.15, 0.2) is 17.1 Å². The highest BCUT2D eigenvalue weighted by molar-refractivity contribution is 8.17. The first-order valence-corrected chi connectivity index (χ1v) is 11.8. The number of nitrogens with one attached hydrogen (secondary N) is 1. The Morgan fingerprint density at radius 1 is 1.45 bits per heavy atom. The van der Waals surface area contributed by atoms with E-state index in [0.717, 1.165) is 19.3 Å². The van der Waals surface area contributed by atoms with Crippen molar-refractivity contribution in [1.29, 1.82) is 0 Å². The second kappa shape index (κ2) is 9.79. The molecule has 3 N–H and O–H groups in total. The van der Waals surface area contributed by atoms with Gasteiger partial charge in [-0.1, -0.05) is 0 Å². The minimum absolute atomic E-state index is 0.0355. The van der Waals surface area contributed by atoms with E-state index in [1.165, 1.54) is 16.8 Å². The SMILES string of the molecule is CC(O)[SH](C)C1C[C@H](n2ccc(NO)nc2=O)O[C@@H]1COC(=O)N1CCCCC1. The molecule has 1 aromatic heterocycles. The van der Waals surface area contributed by atoms with Crippen LogP contribution in [0.3, 0.4) is 0 Å². The molecule has 2 fully saturated rings. The number of carbonyl (C=O) groups excluding carboxylic acids is 1. The molecule has 2 aliphatic heterocycles. The van der Waals surface area contributed by atoms with Crippen molar-refractivity contribution in [2.45, 2.75) is 55.6 Å². The van der Waals surface area contributed by atoms with Gasteiger partial charge in [-0.25, -0.2) is 20.5 Å². The fraction of sp³-hybridized carbons (Fsp3) is 0.722. The minimum Gasteiger partial charge on any atom is -0.447 e. The maximum Gasteiger partial charge on any atom is 0.409 e. The zero-order chi connectivity index (χ0) is 21.0. The van der Waals surface area contributed by atoms with Gasteiger partial charge in [0.1, 0.15) is 18.9 Å². The van der Waals surface area contributed by atoms with E-state index in [1.54, 1.807) is 11.8 Å². The van der Waals surface area contributed by atoms with Gasteiger partial charge in [-0.05, 0) is 38.5 Å².